The minimum absolute atomic E-state index is 0.282. The summed E-state index contributed by atoms with van der Waals surface area (Å²) in [6.45, 7) is 1.85. The Labute approximate surface area is 197 Å². The van der Waals surface area contributed by atoms with Gasteiger partial charge in [0.15, 0.2) is 11.6 Å². The van der Waals surface area contributed by atoms with Crippen molar-refractivity contribution in [3.8, 4) is 22.8 Å². The highest BCUT2D eigenvalue weighted by Gasteiger charge is 2.28. The predicted molar refractivity (Wildman–Crippen MR) is 127 cm³/mol. The Kier molecular flexibility index (Phi) is 6.68. The molecule has 3 aromatic heterocycles. The van der Waals surface area contributed by atoms with Crippen LogP contribution in [-0.2, 0) is 9.53 Å². The summed E-state index contributed by atoms with van der Waals surface area (Å²) in [6, 6.07) is 6.10. The Morgan fingerprint density at radius 3 is 2.55 bits per heavy atom. The van der Waals surface area contributed by atoms with Crippen molar-refractivity contribution < 1.29 is 14.6 Å². The predicted octanol–water partition coefficient (Wildman–Crippen LogP) is 4.61. The quantitative estimate of drug-likeness (QED) is 0.523. The highest BCUT2D eigenvalue weighted by molar-refractivity contribution is 7.08. The second-order valence-electron chi connectivity index (χ2n) is 8.99. The monoisotopic (exact) mass is 467 g/mol. The molecule has 3 aromatic rings. The van der Waals surface area contributed by atoms with E-state index in [9.17, 15) is 4.79 Å². The van der Waals surface area contributed by atoms with Crippen molar-refractivity contribution in [1.29, 1.82) is 0 Å². The van der Waals surface area contributed by atoms with Gasteiger partial charge in [0.05, 0.1) is 12.2 Å². The molecule has 0 bridgehead atoms. The van der Waals surface area contributed by atoms with Crippen molar-refractivity contribution in [2.75, 3.05) is 18.0 Å². The molecule has 2 fully saturated rings. The van der Waals surface area contributed by atoms with Crippen LogP contribution >= 0.6 is 11.3 Å². The summed E-state index contributed by atoms with van der Waals surface area (Å²) in [5, 5.41) is 20.3. The molecule has 2 N–H and O–H groups in total. The van der Waals surface area contributed by atoms with E-state index in [0.29, 0.717) is 18.2 Å². The maximum atomic E-state index is 10.9. The van der Waals surface area contributed by atoms with E-state index in [1.54, 1.807) is 11.3 Å². The lowest BCUT2D eigenvalue weighted by Gasteiger charge is -2.36. The van der Waals surface area contributed by atoms with Gasteiger partial charge < -0.3 is 14.7 Å². The third kappa shape index (κ3) is 5.42. The van der Waals surface area contributed by atoms with E-state index in [2.05, 4.69) is 25.1 Å². The van der Waals surface area contributed by atoms with Gasteiger partial charge in [0.25, 0.3) is 0 Å². The number of anilines is 1. The zero-order valence-electron chi connectivity index (χ0n) is 18.5. The van der Waals surface area contributed by atoms with E-state index >= 15 is 0 Å². The molecular formula is C24H29N5O3S. The molecule has 1 aliphatic heterocycles. The number of nitrogens with one attached hydrogen (secondary N) is 1. The van der Waals surface area contributed by atoms with Crippen LogP contribution in [0, 0.1) is 5.92 Å². The summed E-state index contributed by atoms with van der Waals surface area (Å²) in [6.07, 6.45) is 8.59. The van der Waals surface area contributed by atoms with Gasteiger partial charge in [-0.25, -0.2) is 9.97 Å². The number of rotatable bonds is 7. The van der Waals surface area contributed by atoms with Crippen LogP contribution in [0.4, 0.5) is 5.82 Å². The van der Waals surface area contributed by atoms with E-state index in [4.69, 9.17) is 9.84 Å². The van der Waals surface area contributed by atoms with E-state index in [-0.39, 0.29) is 12.2 Å². The average Bonchev–Trinajstić information content (AvgIpc) is 3.53. The smallest absolute Gasteiger partial charge is 0.303 e. The zero-order chi connectivity index (χ0) is 22.6. The number of aromatic nitrogens is 4. The minimum Gasteiger partial charge on any atom is -0.481 e. The first kappa shape index (κ1) is 22.0. The molecule has 0 atom stereocenters. The molecule has 4 heterocycles. The van der Waals surface area contributed by atoms with Gasteiger partial charge in [-0.15, -0.1) is 0 Å². The number of aliphatic carboxylic acids is 1. The first-order valence-corrected chi connectivity index (χ1v) is 12.6. The zero-order valence-corrected chi connectivity index (χ0v) is 19.3. The average molecular weight is 468 g/mol. The summed E-state index contributed by atoms with van der Waals surface area (Å²) in [4.78, 5) is 22.5. The molecule has 8 nitrogen and oxygen atoms in total. The van der Waals surface area contributed by atoms with Gasteiger partial charge in [0, 0.05) is 42.2 Å². The summed E-state index contributed by atoms with van der Waals surface area (Å²) in [5.74, 6) is 2.03. The molecule has 0 unspecified atom stereocenters. The van der Waals surface area contributed by atoms with Crippen LogP contribution in [0.1, 0.15) is 44.9 Å². The van der Waals surface area contributed by atoms with E-state index in [1.807, 2.05) is 35.2 Å². The molecule has 0 amide bonds. The maximum Gasteiger partial charge on any atom is 0.303 e. The molecule has 174 valence electrons. The molecular weight excluding hydrogens is 438 g/mol. The lowest BCUT2D eigenvalue weighted by Crippen LogP contribution is -2.39. The van der Waals surface area contributed by atoms with Gasteiger partial charge in [-0.3, -0.25) is 9.89 Å². The first-order chi connectivity index (χ1) is 16.1. The standard InChI is InChI=1S/C24H29N5O3S/c30-22(31)13-16-1-4-19(5-2-16)32-20-7-10-29(11-8-20)21-6-3-17(14-25-21)23-26-24(28-27-23)18-9-12-33-15-18/h3,6,9,12,14-16,19-20H,1-2,4-5,7-8,10-11,13H2,(H,30,31)(H,26,27,28). The van der Waals surface area contributed by atoms with E-state index in [0.717, 1.165) is 74.4 Å². The van der Waals surface area contributed by atoms with Crippen LogP contribution < -0.4 is 4.90 Å². The van der Waals surface area contributed by atoms with Crippen molar-refractivity contribution in [2.45, 2.75) is 57.2 Å². The Balaban J connectivity index is 1.10. The molecule has 9 heteroatoms. The number of pyridine rings is 1. The van der Waals surface area contributed by atoms with Gasteiger partial charge in [-0.1, -0.05) is 0 Å². The van der Waals surface area contributed by atoms with Crippen LogP contribution in [-0.4, -0.2) is 56.5 Å². The van der Waals surface area contributed by atoms with Crippen LogP contribution in [0.25, 0.3) is 22.8 Å². The van der Waals surface area contributed by atoms with Crippen LogP contribution in [0.3, 0.4) is 0 Å². The Morgan fingerprint density at radius 2 is 1.88 bits per heavy atom. The molecule has 2 aliphatic rings. The normalized spacial score (nSPS) is 21.9. The summed E-state index contributed by atoms with van der Waals surface area (Å²) >= 11 is 1.63. The van der Waals surface area contributed by atoms with E-state index < -0.39 is 5.97 Å². The fourth-order valence-electron chi connectivity index (χ4n) is 4.84. The molecule has 1 saturated carbocycles. The van der Waals surface area contributed by atoms with Crippen LogP contribution in [0.15, 0.2) is 35.2 Å². The number of thiophene rings is 1. The molecule has 0 radical (unpaired) electrons. The molecule has 1 saturated heterocycles. The number of hydrogen-bond donors (Lipinski definition) is 2. The van der Waals surface area contributed by atoms with Crippen molar-refractivity contribution >= 4 is 23.1 Å². The summed E-state index contributed by atoms with van der Waals surface area (Å²) in [7, 11) is 0. The van der Waals surface area contributed by atoms with Gasteiger partial charge in [0.1, 0.15) is 5.82 Å². The van der Waals surface area contributed by atoms with Crippen molar-refractivity contribution in [3.63, 3.8) is 0 Å². The number of carbonyl (C=O) groups is 1. The summed E-state index contributed by atoms with van der Waals surface area (Å²) < 4.78 is 6.37. The number of ether oxygens (including phenoxy) is 1. The Bertz CT molecular complexity index is 1040. The van der Waals surface area contributed by atoms with Gasteiger partial charge in [0.2, 0.25) is 0 Å². The topological polar surface area (TPSA) is 104 Å². The number of piperidine rings is 1. The van der Waals surface area contributed by atoms with Crippen LogP contribution in [0.2, 0.25) is 0 Å². The van der Waals surface area contributed by atoms with Crippen molar-refractivity contribution in [3.05, 3.63) is 35.2 Å². The van der Waals surface area contributed by atoms with Crippen LogP contribution in [0.5, 0.6) is 0 Å². The third-order valence-corrected chi connectivity index (χ3v) is 7.38. The first-order valence-electron chi connectivity index (χ1n) is 11.7. The van der Waals surface area contributed by atoms with Gasteiger partial charge in [-0.2, -0.15) is 16.4 Å². The van der Waals surface area contributed by atoms with Gasteiger partial charge >= 0.3 is 5.97 Å². The molecule has 0 spiro atoms. The number of aromatic amines is 1. The maximum absolute atomic E-state index is 10.9. The Morgan fingerprint density at radius 1 is 1.09 bits per heavy atom. The second-order valence-corrected chi connectivity index (χ2v) is 9.77. The molecule has 5 rings (SSSR count). The largest absolute Gasteiger partial charge is 0.481 e. The fourth-order valence-corrected chi connectivity index (χ4v) is 5.47. The second kappa shape index (κ2) is 10.0. The third-order valence-electron chi connectivity index (χ3n) is 6.69. The summed E-state index contributed by atoms with van der Waals surface area (Å²) in [5.41, 5.74) is 1.94. The Hall–Kier alpha value is -2.78. The van der Waals surface area contributed by atoms with Crippen molar-refractivity contribution in [1.82, 2.24) is 20.2 Å². The lowest BCUT2D eigenvalue weighted by atomic mass is 9.85. The number of nitrogens with zero attached hydrogens (tertiary/aromatic N) is 4. The van der Waals surface area contributed by atoms with E-state index in [1.165, 1.54) is 0 Å². The molecule has 1 aliphatic carbocycles. The number of H-pyrrole nitrogens is 1. The minimum atomic E-state index is -0.683. The lowest BCUT2D eigenvalue weighted by molar-refractivity contribution is -0.138. The highest BCUT2D eigenvalue weighted by atomic mass is 32.1. The molecule has 0 aromatic carbocycles. The van der Waals surface area contributed by atoms with Crippen molar-refractivity contribution in [2.24, 2.45) is 5.92 Å². The fraction of sp³-hybridized carbons (Fsp3) is 0.500. The number of hydrogen-bond acceptors (Lipinski definition) is 7. The number of carboxylic acids is 1. The molecule has 33 heavy (non-hydrogen) atoms. The van der Waals surface area contributed by atoms with Gasteiger partial charge in [-0.05, 0) is 68.0 Å². The number of carboxylic acid groups (broad SMARTS) is 1. The SMILES string of the molecule is O=C(O)CC1CCC(OC2CCN(c3ccc(-c4nc(-c5ccsc5)n[nH]4)cn3)CC2)CC1. The highest BCUT2D eigenvalue weighted by Crippen LogP contribution is 2.31.